The molecule has 120 valence electrons. The van der Waals surface area contributed by atoms with Crippen LogP contribution in [0.3, 0.4) is 0 Å². The van der Waals surface area contributed by atoms with E-state index in [1.165, 1.54) is 11.1 Å². The average Bonchev–Trinajstić information content (AvgIpc) is 2.55. The highest BCUT2D eigenvalue weighted by atomic mass is 16.2. The van der Waals surface area contributed by atoms with Crippen LogP contribution in [0.1, 0.15) is 29.2 Å². The van der Waals surface area contributed by atoms with Gasteiger partial charge >= 0.3 is 0 Å². The number of rotatable bonds is 3. The SMILES string of the molecule is Cc1ccc(CC(=O)N2CCC(N(C)C)c3ccccc32)cc1. The maximum absolute atomic E-state index is 12.8. The first kappa shape index (κ1) is 15.8. The maximum atomic E-state index is 12.8. The van der Waals surface area contributed by atoms with Crippen molar-refractivity contribution in [2.75, 3.05) is 25.5 Å². The number of nitrogens with zero attached hydrogens (tertiary/aromatic N) is 2. The van der Waals surface area contributed by atoms with Gasteiger partial charge in [-0.05, 0) is 44.6 Å². The molecule has 1 atom stereocenters. The van der Waals surface area contributed by atoms with Crippen molar-refractivity contribution in [2.24, 2.45) is 0 Å². The van der Waals surface area contributed by atoms with E-state index in [1.807, 2.05) is 23.1 Å². The van der Waals surface area contributed by atoms with Gasteiger partial charge in [-0.3, -0.25) is 4.79 Å². The summed E-state index contributed by atoms with van der Waals surface area (Å²) in [5, 5.41) is 0. The van der Waals surface area contributed by atoms with Gasteiger partial charge in [-0.25, -0.2) is 0 Å². The van der Waals surface area contributed by atoms with E-state index >= 15 is 0 Å². The Balaban J connectivity index is 1.84. The third kappa shape index (κ3) is 3.30. The van der Waals surface area contributed by atoms with Gasteiger partial charge in [0.15, 0.2) is 0 Å². The van der Waals surface area contributed by atoms with E-state index in [-0.39, 0.29) is 5.91 Å². The van der Waals surface area contributed by atoms with Crippen LogP contribution in [0.4, 0.5) is 5.69 Å². The Morgan fingerprint density at radius 2 is 1.83 bits per heavy atom. The molecule has 0 fully saturated rings. The molecule has 2 aromatic rings. The summed E-state index contributed by atoms with van der Waals surface area (Å²) in [5.74, 6) is 0.179. The minimum atomic E-state index is 0.179. The molecule has 3 nitrogen and oxygen atoms in total. The van der Waals surface area contributed by atoms with Crippen molar-refractivity contribution in [1.29, 1.82) is 0 Å². The van der Waals surface area contributed by atoms with Gasteiger partial charge in [0, 0.05) is 18.3 Å². The van der Waals surface area contributed by atoms with Gasteiger partial charge in [0.1, 0.15) is 0 Å². The molecule has 1 aliphatic rings. The highest BCUT2D eigenvalue weighted by Gasteiger charge is 2.29. The molecular formula is C20H24N2O. The summed E-state index contributed by atoms with van der Waals surface area (Å²) in [5.41, 5.74) is 4.61. The molecule has 1 aliphatic heterocycles. The van der Waals surface area contributed by atoms with Crippen molar-refractivity contribution >= 4 is 11.6 Å². The number of fused-ring (bicyclic) bond motifs is 1. The highest BCUT2D eigenvalue weighted by molar-refractivity contribution is 5.96. The zero-order chi connectivity index (χ0) is 16.4. The third-order valence-corrected chi connectivity index (χ3v) is 4.61. The molecule has 1 unspecified atom stereocenters. The Labute approximate surface area is 138 Å². The quantitative estimate of drug-likeness (QED) is 0.865. The number of aryl methyl sites for hydroxylation is 1. The summed E-state index contributed by atoms with van der Waals surface area (Å²) in [6, 6.07) is 16.9. The van der Waals surface area contributed by atoms with Crippen LogP contribution in [-0.2, 0) is 11.2 Å². The van der Waals surface area contributed by atoms with E-state index in [0.29, 0.717) is 12.5 Å². The van der Waals surface area contributed by atoms with Gasteiger partial charge in [0.25, 0.3) is 0 Å². The fraction of sp³-hybridized carbons (Fsp3) is 0.350. The standard InChI is InChI=1S/C20H24N2O/c1-15-8-10-16(11-9-15)14-20(23)22-13-12-18(21(2)3)17-6-4-5-7-19(17)22/h4-11,18H,12-14H2,1-3H3. The molecule has 3 rings (SSSR count). The van der Waals surface area contributed by atoms with Crippen LogP contribution >= 0.6 is 0 Å². The van der Waals surface area contributed by atoms with E-state index in [0.717, 1.165) is 24.2 Å². The van der Waals surface area contributed by atoms with Crippen molar-refractivity contribution in [2.45, 2.75) is 25.8 Å². The molecular weight excluding hydrogens is 284 g/mol. The Morgan fingerprint density at radius 3 is 2.52 bits per heavy atom. The molecule has 3 heteroatoms. The number of hydrogen-bond acceptors (Lipinski definition) is 2. The molecule has 0 spiro atoms. The molecule has 1 amide bonds. The topological polar surface area (TPSA) is 23.6 Å². The summed E-state index contributed by atoms with van der Waals surface area (Å²) in [6.07, 6.45) is 1.44. The van der Waals surface area contributed by atoms with Crippen LogP contribution in [0.15, 0.2) is 48.5 Å². The Bertz CT molecular complexity index is 691. The minimum Gasteiger partial charge on any atom is -0.312 e. The summed E-state index contributed by atoms with van der Waals surface area (Å²) in [6.45, 7) is 2.85. The second-order valence-electron chi connectivity index (χ2n) is 6.53. The molecule has 0 aliphatic carbocycles. The van der Waals surface area contributed by atoms with Crippen molar-refractivity contribution in [1.82, 2.24) is 4.90 Å². The predicted octanol–water partition coefficient (Wildman–Crippen LogP) is 3.58. The first-order valence-electron chi connectivity index (χ1n) is 8.17. The normalized spacial score (nSPS) is 17.2. The van der Waals surface area contributed by atoms with Gasteiger partial charge in [0.05, 0.1) is 6.42 Å². The first-order valence-corrected chi connectivity index (χ1v) is 8.17. The summed E-state index contributed by atoms with van der Waals surface area (Å²) in [7, 11) is 4.20. The molecule has 0 saturated heterocycles. The maximum Gasteiger partial charge on any atom is 0.231 e. The first-order chi connectivity index (χ1) is 11.1. The largest absolute Gasteiger partial charge is 0.312 e. The third-order valence-electron chi connectivity index (χ3n) is 4.61. The van der Waals surface area contributed by atoms with Crippen LogP contribution in [0.25, 0.3) is 0 Å². The smallest absolute Gasteiger partial charge is 0.231 e. The van der Waals surface area contributed by atoms with Gasteiger partial charge in [-0.2, -0.15) is 0 Å². The fourth-order valence-corrected chi connectivity index (χ4v) is 3.31. The van der Waals surface area contributed by atoms with Crippen LogP contribution in [0.2, 0.25) is 0 Å². The predicted molar refractivity (Wildman–Crippen MR) is 94.7 cm³/mol. The second-order valence-corrected chi connectivity index (χ2v) is 6.53. The van der Waals surface area contributed by atoms with Gasteiger partial charge in [-0.15, -0.1) is 0 Å². The van der Waals surface area contributed by atoms with E-state index in [2.05, 4.69) is 56.3 Å². The lowest BCUT2D eigenvalue weighted by atomic mass is 9.95. The van der Waals surface area contributed by atoms with Gasteiger partial charge in [0.2, 0.25) is 5.91 Å². The van der Waals surface area contributed by atoms with E-state index in [1.54, 1.807) is 0 Å². The van der Waals surface area contributed by atoms with Crippen molar-refractivity contribution in [3.8, 4) is 0 Å². The van der Waals surface area contributed by atoms with Crippen LogP contribution in [0.5, 0.6) is 0 Å². The molecule has 0 N–H and O–H groups in total. The lowest BCUT2D eigenvalue weighted by Crippen LogP contribution is -2.40. The monoisotopic (exact) mass is 308 g/mol. The van der Waals surface area contributed by atoms with Crippen molar-refractivity contribution in [3.63, 3.8) is 0 Å². The molecule has 0 saturated carbocycles. The lowest BCUT2D eigenvalue weighted by Gasteiger charge is -2.37. The zero-order valence-corrected chi connectivity index (χ0v) is 14.1. The van der Waals surface area contributed by atoms with E-state index in [9.17, 15) is 4.79 Å². The van der Waals surface area contributed by atoms with Crippen LogP contribution < -0.4 is 4.90 Å². The van der Waals surface area contributed by atoms with E-state index < -0.39 is 0 Å². The number of para-hydroxylation sites is 1. The van der Waals surface area contributed by atoms with Gasteiger partial charge in [-0.1, -0.05) is 48.0 Å². The van der Waals surface area contributed by atoms with Crippen molar-refractivity contribution in [3.05, 3.63) is 65.2 Å². The highest BCUT2D eigenvalue weighted by Crippen LogP contribution is 2.36. The summed E-state index contributed by atoms with van der Waals surface area (Å²) < 4.78 is 0. The summed E-state index contributed by atoms with van der Waals surface area (Å²) in [4.78, 5) is 17.0. The molecule has 23 heavy (non-hydrogen) atoms. The molecule has 1 heterocycles. The number of carbonyl (C=O) groups excluding carboxylic acids is 1. The number of hydrogen-bond donors (Lipinski definition) is 0. The average molecular weight is 308 g/mol. The lowest BCUT2D eigenvalue weighted by molar-refractivity contribution is -0.118. The van der Waals surface area contributed by atoms with E-state index in [4.69, 9.17) is 0 Å². The van der Waals surface area contributed by atoms with Crippen molar-refractivity contribution < 1.29 is 4.79 Å². The number of carbonyl (C=O) groups is 1. The Morgan fingerprint density at radius 1 is 1.13 bits per heavy atom. The van der Waals surface area contributed by atoms with Gasteiger partial charge < -0.3 is 9.80 Å². The second kappa shape index (κ2) is 6.55. The van der Waals surface area contributed by atoms with Crippen LogP contribution in [0, 0.1) is 6.92 Å². The number of benzene rings is 2. The minimum absolute atomic E-state index is 0.179. The van der Waals surface area contributed by atoms with Crippen LogP contribution in [-0.4, -0.2) is 31.4 Å². The molecule has 0 radical (unpaired) electrons. The molecule has 2 aromatic carbocycles. The summed E-state index contributed by atoms with van der Waals surface area (Å²) >= 11 is 0. The molecule has 0 aromatic heterocycles. The number of anilines is 1. The fourth-order valence-electron chi connectivity index (χ4n) is 3.31. The Kier molecular flexibility index (Phi) is 4.49. The number of amides is 1. The Hall–Kier alpha value is -2.13. The zero-order valence-electron chi connectivity index (χ0n) is 14.1. The molecule has 0 bridgehead atoms.